The standard InChI is InChI=1S/C21H20N2O3/c1-14-7-10-19(20(24)11-14)15(2)22-23-21(25)13-26-18-9-8-16-5-3-4-6-17(16)12-18/h3-12,24H,13H2,1-2H3,(H,23,25)/b22-15+. The molecule has 0 bridgehead atoms. The van der Waals surface area contributed by atoms with Crippen molar-refractivity contribution in [3.05, 3.63) is 71.8 Å². The van der Waals surface area contributed by atoms with E-state index in [9.17, 15) is 9.90 Å². The Morgan fingerprint density at radius 2 is 1.85 bits per heavy atom. The Balaban J connectivity index is 1.59. The van der Waals surface area contributed by atoms with E-state index in [0.717, 1.165) is 16.3 Å². The summed E-state index contributed by atoms with van der Waals surface area (Å²) in [6.07, 6.45) is 0. The molecular weight excluding hydrogens is 328 g/mol. The first-order valence-electron chi connectivity index (χ1n) is 8.27. The molecule has 2 N–H and O–H groups in total. The van der Waals surface area contributed by atoms with Crippen LogP contribution in [0.15, 0.2) is 65.8 Å². The van der Waals surface area contributed by atoms with Gasteiger partial charge in [-0.05, 0) is 54.4 Å². The number of hydrogen-bond acceptors (Lipinski definition) is 4. The van der Waals surface area contributed by atoms with Gasteiger partial charge in [0.1, 0.15) is 11.5 Å². The van der Waals surface area contributed by atoms with Crippen LogP contribution in [0, 0.1) is 6.92 Å². The highest BCUT2D eigenvalue weighted by Gasteiger charge is 2.07. The fraction of sp³-hybridized carbons (Fsp3) is 0.143. The van der Waals surface area contributed by atoms with Gasteiger partial charge in [-0.3, -0.25) is 4.79 Å². The Bertz CT molecular complexity index is 980. The number of amides is 1. The molecule has 0 aliphatic rings. The van der Waals surface area contributed by atoms with Gasteiger partial charge in [-0.15, -0.1) is 0 Å². The molecule has 3 rings (SSSR count). The molecule has 0 heterocycles. The predicted octanol–water partition coefficient (Wildman–Crippen LogP) is 3.77. The van der Waals surface area contributed by atoms with Crippen LogP contribution in [0.5, 0.6) is 11.5 Å². The van der Waals surface area contributed by atoms with Gasteiger partial charge in [-0.1, -0.05) is 36.4 Å². The molecule has 0 radical (unpaired) electrons. The highest BCUT2D eigenvalue weighted by molar-refractivity contribution is 6.01. The van der Waals surface area contributed by atoms with Gasteiger partial charge in [0.25, 0.3) is 5.91 Å². The van der Waals surface area contributed by atoms with Crippen molar-refractivity contribution in [2.75, 3.05) is 6.61 Å². The molecule has 0 unspecified atom stereocenters. The first kappa shape index (κ1) is 17.5. The molecule has 3 aromatic carbocycles. The van der Waals surface area contributed by atoms with E-state index >= 15 is 0 Å². The molecule has 26 heavy (non-hydrogen) atoms. The molecule has 0 spiro atoms. The summed E-state index contributed by atoms with van der Waals surface area (Å²) in [5.74, 6) is 0.382. The van der Waals surface area contributed by atoms with E-state index in [1.54, 1.807) is 19.1 Å². The van der Waals surface area contributed by atoms with Crippen molar-refractivity contribution >= 4 is 22.4 Å². The summed E-state index contributed by atoms with van der Waals surface area (Å²) >= 11 is 0. The molecule has 0 aromatic heterocycles. The third-order valence-electron chi connectivity index (χ3n) is 3.98. The maximum Gasteiger partial charge on any atom is 0.277 e. The number of hydrogen-bond donors (Lipinski definition) is 2. The van der Waals surface area contributed by atoms with Gasteiger partial charge in [-0.25, -0.2) is 5.43 Å². The molecule has 0 atom stereocenters. The van der Waals surface area contributed by atoms with Gasteiger partial charge in [-0.2, -0.15) is 5.10 Å². The van der Waals surface area contributed by atoms with Crippen LogP contribution in [-0.4, -0.2) is 23.3 Å². The third kappa shape index (κ3) is 4.19. The van der Waals surface area contributed by atoms with Crippen LogP contribution in [-0.2, 0) is 4.79 Å². The normalized spacial score (nSPS) is 11.4. The minimum Gasteiger partial charge on any atom is -0.507 e. The van der Waals surface area contributed by atoms with E-state index < -0.39 is 0 Å². The molecule has 0 fully saturated rings. The van der Waals surface area contributed by atoms with E-state index in [0.29, 0.717) is 17.0 Å². The number of nitrogens with one attached hydrogen (secondary N) is 1. The Labute approximate surface area is 151 Å². The number of benzene rings is 3. The quantitative estimate of drug-likeness (QED) is 0.545. The lowest BCUT2D eigenvalue weighted by molar-refractivity contribution is -0.123. The minimum absolute atomic E-state index is 0.132. The highest BCUT2D eigenvalue weighted by Crippen LogP contribution is 2.21. The average Bonchev–Trinajstić information content (AvgIpc) is 2.64. The number of hydrazone groups is 1. The van der Waals surface area contributed by atoms with E-state index in [4.69, 9.17) is 4.74 Å². The molecular formula is C21H20N2O3. The van der Waals surface area contributed by atoms with Crippen molar-refractivity contribution in [1.82, 2.24) is 5.43 Å². The maximum absolute atomic E-state index is 11.9. The summed E-state index contributed by atoms with van der Waals surface area (Å²) in [4.78, 5) is 11.9. The fourth-order valence-corrected chi connectivity index (χ4v) is 2.59. The summed E-state index contributed by atoms with van der Waals surface area (Å²) < 4.78 is 5.52. The Morgan fingerprint density at radius 3 is 2.62 bits per heavy atom. The lowest BCUT2D eigenvalue weighted by Gasteiger charge is -2.08. The number of aromatic hydroxyl groups is 1. The molecule has 5 nitrogen and oxygen atoms in total. The number of carbonyl (C=O) groups is 1. The largest absolute Gasteiger partial charge is 0.507 e. The lowest BCUT2D eigenvalue weighted by atomic mass is 10.1. The van der Waals surface area contributed by atoms with Gasteiger partial charge in [0.15, 0.2) is 6.61 Å². The van der Waals surface area contributed by atoms with Crippen molar-refractivity contribution in [3.8, 4) is 11.5 Å². The lowest BCUT2D eigenvalue weighted by Crippen LogP contribution is -2.25. The second-order valence-corrected chi connectivity index (χ2v) is 6.05. The second kappa shape index (κ2) is 7.70. The molecule has 0 aliphatic carbocycles. The molecule has 0 saturated carbocycles. The van der Waals surface area contributed by atoms with Crippen LogP contribution in [0.2, 0.25) is 0 Å². The number of phenolic OH excluding ortho intramolecular Hbond substituents is 1. The number of carbonyl (C=O) groups excluding carboxylic acids is 1. The Morgan fingerprint density at radius 1 is 1.08 bits per heavy atom. The van der Waals surface area contributed by atoms with Crippen molar-refractivity contribution in [2.45, 2.75) is 13.8 Å². The number of nitrogens with zero attached hydrogens (tertiary/aromatic N) is 1. The summed E-state index contributed by atoms with van der Waals surface area (Å²) in [5, 5.41) is 16.1. The first-order chi connectivity index (χ1) is 12.5. The van der Waals surface area contributed by atoms with Gasteiger partial charge in [0.05, 0.1) is 5.71 Å². The van der Waals surface area contributed by atoms with E-state index in [1.165, 1.54) is 0 Å². The minimum atomic E-state index is -0.371. The van der Waals surface area contributed by atoms with E-state index in [-0.39, 0.29) is 18.3 Å². The Kier molecular flexibility index (Phi) is 5.17. The Hall–Kier alpha value is -3.34. The molecule has 5 heteroatoms. The van der Waals surface area contributed by atoms with Crippen LogP contribution in [0.3, 0.4) is 0 Å². The van der Waals surface area contributed by atoms with Gasteiger partial charge in [0.2, 0.25) is 0 Å². The van der Waals surface area contributed by atoms with Crippen LogP contribution in [0.1, 0.15) is 18.1 Å². The zero-order valence-corrected chi connectivity index (χ0v) is 14.7. The smallest absolute Gasteiger partial charge is 0.277 e. The van der Waals surface area contributed by atoms with Gasteiger partial charge < -0.3 is 9.84 Å². The number of phenols is 1. The SMILES string of the molecule is C/C(=N\NC(=O)COc1ccc2ccccc2c1)c1ccc(C)cc1O. The van der Waals surface area contributed by atoms with Crippen LogP contribution < -0.4 is 10.2 Å². The zero-order valence-electron chi connectivity index (χ0n) is 14.7. The summed E-state index contributed by atoms with van der Waals surface area (Å²) in [6.45, 7) is 3.46. The molecule has 132 valence electrons. The van der Waals surface area contributed by atoms with E-state index in [1.807, 2.05) is 55.5 Å². The van der Waals surface area contributed by atoms with Gasteiger partial charge in [0, 0.05) is 5.56 Å². The second-order valence-electron chi connectivity index (χ2n) is 6.05. The predicted molar refractivity (Wildman–Crippen MR) is 103 cm³/mol. The topological polar surface area (TPSA) is 70.9 Å². The van der Waals surface area contributed by atoms with Crippen molar-refractivity contribution < 1.29 is 14.6 Å². The molecule has 3 aromatic rings. The van der Waals surface area contributed by atoms with Crippen molar-refractivity contribution in [2.24, 2.45) is 5.10 Å². The molecule has 0 aliphatic heterocycles. The zero-order chi connectivity index (χ0) is 18.5. The number of ether oxygens (including phenoxy) is 1. The average molecular weight is 348 g/mol. The summed E-state index contributed by atoms with van der Waals surface area (Å²) in [5.41, 5.74) is 4.48. The fourth-order valence-electron chi connectivity index (χ4n) is 2.59. The monoisotopic (exact) mass is 348 g/mol. The van der Waals surface area contributed by atoms with E-state index in [2.05, 4.69) is 10.5 Å². The van der Waals surface area contributed by atoms with Crippen molar-refractivity contribution in [3.63, 3.8) is 0 Å². The highest BCUT2D eigenvalue weighted by atomic mass is 16.5. The van der Waals surface area contributed by atoms with Crippen LogP contribution >= 0.6 is 0 Å². The summed E-state index contributed by atoms with van der Waals surface area (Å²) in [6, 6.07) is 18.9. The number of fused-ring (bicyclic) bond motifs is 1. The van der Waals surface area contributed by atoms with Crippen LogP contribution in [0.25, 0.3) is 10.8 Å². The maximum atomic E-state index is 11.9. The summed E-state index contributed by atoms with van der Waals surface area (Å²) in [7, 11) is 0. The van der Waals surface area contributed by atoms with Gasteiger partial charge >= 0.3 is 0 Å². The third-order valence-corrected chi connectivity index (χ3v) is 3.98. The first-order valence-corrected chi connectivity index (χ1v) is 8.27. The van der Waals surface area contributed by atoms with Crippen molar-refractivity contribution in [1.29, 1.82) is 0 Å². The molecule has 1 amide bonds. The van der Waals surface area contributed by atoms with Crippen LogP contribution in [0.4, 0.5) is 0 Å². The number of aryl methyl sites for hydroxylation is 1. The molecule has 0 saturated heterocycles. The number of rotatable bonds is 5.